The van der Waals surface area contributed by atoms with Crippen molar-refractivity contribution in [1.29, 1.82) is 0 Å². The monoisotopic (exact) mass is 261 g/mol. The number of aliphatic hydroxyl groups is 1. The van der Waals surface area contributed by atoms with E-state index in [9.17, 15) is 5.11 Å². The number of hydrogen-bond donors (Lipinski definition) is 1. The van der Waals surface area contributed by atoms with E-state index in [0.29, 0.717) is 26.2 Å². The van der Waals surface area contributed by atoms with Crippen LogP contribution >= 0.6 is 0 Å². The highest BCUT2D eigenvalue weighted by Crippen LogP contribution is 2.12. The number of nitrogens with zero attached hydrogens (tertiary/aromatic N) is 1. The van der Waals surface area contributed by atoms with Crippen LogP contribution in [0.4, 0.5) is 0 Å². The zero-order valence-electron chi connectivity index (χ0n) is 11.1. The molecule has 0 amide bonds. The molecule has 2 aromatic rings. The highest BCUT2D eigenvalue weighted by molar-refractivity contribution is 5.78. The lowest BCUT2D eigenvalue weighted by Gasteiger charge is -2.11. The molecular formula is C15H19NO3. The molecule has 1 aromatic heterocycles. The molecule has 1 unspecified atom stereocenters. The number of aromatic nitrogens is 1. The van der Waals surface area contributed by atoms with Gasteiger partial charge in [-0.25, -0.2) is 0 Å². The van der Waals surface area contributed by atoms with Gasteiger partial charge in [-0.1, -0.05) is 24.3 Å². The number of benzene rings is 1. The molecule has 2 rings (SSSR count). The molecule has 0 bridgehead atoms. The second-order valence-electron chi connectivity index (χ2n) is 4.42. The first kappa shape index (κ1) is 13.9. The molecule has 1 N–H and O–H groups in total. The van der Waals surface area contributed by atoms with Crippen molar-refractivity contribution in [2.75, 3.05) is 26.9 Å². The molecule has 0 aliphatic carbocycles. The standard InChI is InChI=1S/C15H19NO3/c1-18-8-9-19-11-14(17)10-13-7-6-12-4-2-3-5-15(12)16-13/h2-7,14,17H,8-11H2,1H3. The van der Waals surface area contributed by atoms with Crippen LogP contribution in [-0.2, 0) is 15.9 Å². The predicted molar refractivity (Wildman–Crippen MR) is 74.1 cm³/mol. The molecule has 0 saturated heterocycles. The second kappa shape index (κ2) is 7.19. The van der Waals surface area contributed by atoms with Crippen LogP contribution in [0.5, 0.6) is 0 Å². The van der Waals surface area contributed by atoms with Crippen LogP contribution in [0.3, 0.4) is 0 Å². The summed E-state index contributed by atoms with van der Waals surface area (Å²) in [6.07, 6.45) is -0.0387. The maximum atomic E-state index is 9.87. The van der Waals surface area contributed by atoms with Gasteiger partial charge < -0.3 is 14.6 Å². The smallest absolute Gasteiger partial charge is 0.0828 e. The number of para-hydroxylation sites is 1. The van der Waals surface area contributed by atoms with Crippen LogP contribution in [0.15, 0.2) is 36.4 Å². The molecule has 0 fully saturated rings. The van der Waals surface area contributed by atoms with Gasteiger partial charge >= 0.3 is 0 Å². The number of hydrogen-bond acceptors (Lipinski definition) is 4. The molecule has 0 aliphatic heterocycles. The summed E-state index contributed by atoms with van der Waals surface area (Å²) in [7, 11) is 1.62. The van der Waals surface area contributed by atoms with Crippen molar-refractivity contribution in [2.45, 2.75) is 12.5 Å². The van der Waals surface area contributed by atoms with Crippen LogP contribution in [0, 0.1) is 0 Å². The summed E-state index contributed by atoms with van der Waals surface area (Å²) in [6, 6.07) is 11.9. The quantitative estimate of drug-likeness (QED) is 0.772. The Morgan fingerprint density at radius 2 is 2.00 bits per heavy atom. The average molecular weight is 261 g/mol. The topological polar surface area (TPSA) is 51.6 Å². The Hall–Kier alpha value is -1.49. The number of fused-ring (bicyclic) bond motifs is 1. The third-order valence-corrected chi connectivity index (χ3v) is 2.84. The number of aliphatic hydroxyl groups excluding tert-OH is 1. The third-order valence-electron chi connectivity index (χ3n) is 2.84. The molecule has 1 heterocycles. The summed E-state index contributed by atoms with van der Waals surface area (Å²) in [4.78, 5) is 4.52. The fourth-order valence-electron chi connectivity index (χ4n) is 1.88. The van der Waals surface area contributed by atoms with E-state index in [1.54, 1.807) is 7.11 Å². The van der Waals surface area contributed by atoms with Crippen LogP contribution in [0.25, 0.3) is 10.9 Å². The van der Waals surface area contributed by atoms with E-state index >= 15 is 0 Å². The Balaban J connectivity index is 1.89. The van der Waals surface area contributed by atoms with Crippen LogP contribution < -0.4 is 0 Å². The lowest BCUT2D eigenvalue weighted by Crippen LogP contribution is -2.20. The molecule has 4 nitrogen and oxygen atoms in total. The van der Waals surface area contributed by atoms with Crippen LogP contribution in [0.2, 0.25) is 0 Å². The van der Waals surface area contributed by atoms with Crippen LogP contribution in [-0.4, -0.2) is 43.1 Å². The minimum atomic E-state index is -0.537. The van der Waals surface area contributed by atoms with Crippen molar-refractivity contribution < 1.29 is 14.6 Å². The zero-order valence-corrected chi connectivity index (χ0v) is 11.1. The first-order chi connectivity index (χ1) is 9.29. The summed E-state index contributed by atoms with van der Waals surface area (Å²) < 4.78 is 10.2. The molecule has 0 radical (unpaired) electrons. The van der Waals surface area contributed by atoms with Crippen molar-refractivity contribution in [3.8, 4) is 0 Å². The largest absolute Gasteiger partial charge is 0.390 e. The summed E-state index contributed by atoms with van der Waals surface area (Å²) in [5, 5.41) is 11.0. The Labute approximate surface area is 113 Å². The SMILES string of the molecule is COCCOCC(O)Cc1ccc2ccccc2n1. The van der Waals surface area contributed by atoms with Gasteiger partial charge in [0.25, 0.3) is 0 Å². The van der Waals surface area contributed by atoms with Crippen molar-refractivity contribution in [3.63, 3.8) is 0 Å². The molecule has 0 spiro atoms. The highest BCUT2D eigenvalue weighted by atomic mass is 16.5. The minimum Gasteiger partial charge on any atom is -0.390 e. The Morgan fingerprint density at radius 3 is 2.84 bits per heavy atom. The summed E-state index contributed by atoms with van der Waals surface area (Å²) in [6.45, 7) is 1.34. The predicted octanol–water partition coefficient (Wildman–Crippen LogP) is 1.80. The number of methoxy groups -OCH3 is 1. The number of pyridine rings is 1. The number of ether oxygens (including phenoxy) is 2. The second-order valence-corrected chi connectivity index (χ2v) is 4.42. The fraction of sp³-hybridized carbons (Fsp3) is 0.400. The van der Waals surface area contributed by atoms with Crippen molar-refractivity contribution >= 4 is 10.9 Å². The summed E-state index contributed by atoms with van der Waals surface area (Å²) in [5.74, 6) is 0. The van der Waals surface area contributed by atoms with Gasteiger partial charge in [-0.05, 0) is 12.1 Å². The Morgan fingerprint density at radius 1 is 1.16 bits per heavy atom. The van der Waals surface area contributed by atoms with Gasteiger partial charge in [0, 0.05) is 24.6 Å². The lowest BCUT2D eigenvalue weighted by molar-refractivity contribution is 0.0134. The van der Waals surface area contributed by atoms with Gasteiger partial charge in [0.2, 0.25) is 0 Å². The lowest BCUT2D eigenvalue weighted by atomic mass is 10.1. The van der Waals surface area contributed by atoms with Gasteiger partial charge in [0.05, 0.1) is 31.4 Å². The van der Waals surface area contributed by atoms with E-state index in [-0.39, 0.29) is 0 Å². The molecule has 1 atom stereocenters. The van der Waals surface area contributed by atoms with Crippen molar-refractivity contribution in [1.82, 2.24) is 4.98 Å². The molecule has 0 aliphatic rings. The van der Waals surface area contributed by atoms with E-state index < -0.39 is 6.10 Å². The summed E-state index contributed by atoms with van der Waals surface area (Å²) >= 11 is 0. The molecular weight excluding hydrogens is 242 g/mol. The van der Waals surface area contributed by atoms with Gasteiger partial charge in [0.15, 0.2) is 0 Å². The Bertz CT molecular complexity index is 515. The average Bonchev–Trinajstić information content (AvgIpc) is 2.43. The van der Waals surface area contributed by atoms with Gasteiger partial charge in [-0.15, -0.1) is 0 Å². The van der Waals surface area contributed by atoms with E-state index in [2.05, 4.69) is 4.98 Å². The van der Waals surface area contributed by atoms with Crippen LogP contribution in [0.1, 0.15) is 5.69 Å². The number of rotatable bonds is 7. The molecule has 1 aromatic carbocycles. The highest BCUT2D eigenvalue weighted by Gasteiger charge is 2.07. The van der Waals surface area contributed by atoms with E-state index in [0.717, 1.165) is 16.6 Å². The Kier molecular flexibility index (Phi) is 5.27. The maximum absolute atomic E-state index is 9.87. The van der Waals surface area contributed by atoms with Crippen molar-refractivity contribution in [2.24, 2.45) is 0 Å². The van der Waals surface area contributed by atoms with Gasteiger partial charge in [-0.3, -0.25) is 4.98 Å². The molecule has 0 saturated carbocycles. The molecule has 102 valence electrons. The normalized spacial score (nSPS) is 12.7. The van der Waals surface area contributed by atoms with Gasteiger partial charge in [0.1, 0.15) is 0 Å². The minimum absolute atomic E-state index is 0.303. The molecule has 19 heavy (non-hydrogen) atoms. The third kappa shape index (κ3) is 4.28. The first-order valence-electron chi connectivity index (χ1n) is 6.39. The van der Waals surface area contributed by atoms with E-state index in [1.165, 1.54) is 0 Å². The maximum Gasteiger partial charge on any atom is 0.0828 e. The van der Waals surface area contributed by atoms with Gasteiger partial charge in [-0.2, -0.15) is 0 Å². The van der Waals surface area contributed by atoms with E-state index in [1.807, 2.05) is 36.4 Å². The summed E-state index contributed by atoms with van der Waals surface area (Å²) in [5.41, 5.74) is 1.83. The fourth-order valence-corrected chi connectivity index (χ4v) is 1.88. The van der Waals surface area contributed by atoms with E-state index in [4.69, 9.17) is 9.47 Å². The van der Waals surface area contributed by atoms with Crippen molar-refractivity contribution in [3.05, 3.63) is 42.1 Å². The first-order valence-corrected chi connectivity index (χ1v) is 6.39. The molecule has 4 heteroatoms. The zero-order chi connectivity index (χ0) is 13.5.